The molecule has 1 aromatic carbocycles. The molecule has 0 spiro atoms. The molecule has 2 rings (SSSR count). The quantitative estimate of drug-likeness (QED) is 0.778. The molecule has 1 fully saturated rings. The fourth-order valence-electron chi connectivity index (χ4n) is 1.73. The average Bonchev–Trinajstić information content (AvgIpc) is 2.19. The van der Waals surface area contributed by atoms with Crippen molar-refractivity contribution in [3.05, 3.63) is 41.2 Å². The second-order valence-electron chi connectivity index (χ2n) is 3.64. The number of hydrogen-bond acceptors (Lipinski definition) is 1. The lowest BCUT2D eigenvalue weighted by atomic mass is 10.0. The zero-order chi connectivity index (χ0) is 9.80. The lowest BCUT2D eigenvalue weighted by molar-refractivity contribution is 0.612. The van der Waals surface area contributed by atoms with Gasteiger partial charge < -0.3 is 5.32 Å². The molecule has 3 heteroatoms. The maximum atomic E-state index is 12.9. The summed E-state index contributed by atoms with van der Waals surface area (Å²) >= 11 is 0. The van der Waals surface area contributed by atoms with E-state index in [0.29, 0.717) is 0 Å². The van der Waals surface area contributed by atoms with Crippen molar-refractivity contribution in [2.45, 2.75) is 12.8 Å². The lowest BCUT2D eigenvalue weighted by Crippen LogP contribution is -2.23. The molecule has 1 aromatic rings. The Kier molecular flexibility index (Phi) is 4.79. The Morgan fingerprint density at radius 3 is 2.87 bits per heavy atom. The summed E-state index contributed by atoms with van der Waals surface area (Å²) in [7, 11) is 0. The highest BCUT2D eigenvalue weighted by Gasteiger charge is 2.03. The zero-order valence-corrected chi connectivity index (χ0v) is 9.32. The molecule has 0 atom stereocenters. The van der Waals surface area contributed by atoms with Gasteiger partial charge in [0.15, 0.2) is 0 Å². The van der Waals surface area contributed by atoms with Gasteiger partial charge in [-0.25, -0.2) is 4.39 Å². The standard InChI is InChI=1S/C12H14FN.ClH/c13-12-5-1-3-10(8-12)7-11-4-2-6-14-9-11;/h1,3,5,7-8,14H,2,4,6,9H2;1H/b11-7-;. The van der Waals surface area contributed by atoms with E-state index >= 15 is 0 Å². The first kappa shape index (κ1) is 12.2. The fourth-order valence-corrected chi connectivity index (χ4v) is 1.73. The van der Waals surface area contributed by atoms with Crippen LogP contribution in [0.15, 0.2) is 29.8 Å². The number of rotatable bonds is 1. The zero-order valence-electron chi connectivity index (χ0n) is 8.50. The summed E-state index contributed by atoms with van der Waals surface area (Å²) in [5.41, 5.74) is 2.32. The van der Waals surface area contributed by atoms with Gasteiger partial charge in [-0.1, -0.05) is 23.8 Å². The minimum Gasteiger partial charge on any atom is -0.313 e. The number of hydrogen-bond donors (Lipinski definition) is 1. The van der Waals surface area contributed by atoms with Crippen LogP contribution in [0.1, 0.15) is 18.4 Å². The molecule has 0 radical (unpaired) electrons. The highest BCUT2D eigenvalue weighted by atomic mass is 35.5. The Morgan fingerprint density at radius 1 is 1.33 bits per heavy atom. The minimum absolute atomic E-state index is 0. The molecule has 0 saturated carbocycles. The average molecular weight is 228 g/mol. The Labute approximate surface area is 95.8 Å². The molecule has 15 heavy (non-hydrogen) atoms. The summed E-state index contributed by atoms with van der Waals surface area (Å²) in [4.78, 5) is 0. The predicted molar refractivity (Wildman–Crippen MR) is 63.7 cm³/mol. The highest BCUT2D eigenvalue weighted by molar-refractivity contribution is 5.85. The van der Waals surface area contributed by atoms with Crippen molar-refractivity contribution < 1.29 is 4.39 Å². The third-order valence-corrected chi connectivity index (χ3v) is 2.42. The second-order valence-corrected chi connectivity index (χ2v) is 3.64. The molecule has 1 aliphatic rings. The topological polar surface area (TPSA) is 12.0 Å². The third kappa shape index (κ3) is 3.65. The Balaban J connectivity index is 0.00000112. The van der Waals surface area contributed by atoms with Gasteiger partial charge >= 0.3 is 0 Å². The van der Waals surface area contributed by atoms with E-state index in [4.69, 9.17) is 0 Å². The van der Waals surface area contributed by atoms with Crippen LogP contribution in [0.3, 0.4) is 0 Å². The van der Waals surface area contributed by atoms with E-state index in [1.54, 1.807) is 12.1 Å². The molecule has 1 N–H and O–H groups in total. The number of halogens is 2. The van der Waals surface area contributed by atoms with Crippen LogP contribution >= 0.6 is 12.4 Å². The Morgan fingerprint density at radius 2 is 2.20 bits per heavy atom. The van der Waals surface area contributed by atoms with Crippen molar-refractivity contribution in [2.75, 3.05) is 13.1 Å². The summed E-state index contributed by atoms with van der Waals surface area (Å²) in [6, 6.07) is 6.73. The molecule has 0 unspecified atom stereocenters. The maximum Gasteiger partial charge on any atom is 0.123 e. The van der Waals surface area contributed by atoms with Crippen molar-refractivity contribution >= 4 is 18.5 Å². The monoisotopic (exact) mass is 227 g/mol. The summed E-state index contributed by atoms with van der Waals surface area (Å²) in [5.74, 6) is -0.164. The second kappa shape index (κ2) is 5.89. The molecular weight excluding hydrogens is 213 g/mol. The predicted octanol–water partition coefficient (Wildman–Crippen LogP) is 3.01. The van der Waals surface area contributed by atoms with Gasteiger partial charge in [-0.2, -0.15) is 0 Å². The van der Waals surface area contributed by atoms with E-state index < -0.39 is 0 Å². The van der Waals surface area contributed by atoms with Gasteiger partial charge in [0.25, 0.3) is 0 Å². The van der Waals surface area contributed by atoms with Crippen LogP contribution in [-0.2, 0) is 0 Å². The van der Waals surface area contributed by atoms with Gasteiger partial charge in [0, 0.05) is 6.54 Å². The van der Waals surface area contributed by atoms with E-state index in [1.165, 1.54) is 18.1 Å². The lowest BCUT2D eigenvalue weighted by Gasteiger charge is -2.15. The van der Waals surface area contributed by atoms with Gasteiger partial charge in [-0.15, -0.1) is 12.4 Å². The molecule has 0 aromatic heterocycles. The van der Waals surface area contributed by atoms with Crippen LogP contribution in [0, 0.1) is 5.82 Å². The number of nitrogens with one attached hydrogen (secondary N) is 1. The van der Waals surface area contributed by atoms with Crippen LogP contribution in [0.5, 0.6) is 0 Å². The molecule has 0 amide bonds. The maximum absolute atomic E-state index is 12.9. The van der Waals surface area contributed by atoms with E-state index in [0.717, 1.165) is 25.1 Å². The smallest absolute Gasteiger partial charge is 0.123 e. The normalized spacial score (nSPS) is 18.6. The number of piperidine rings is 1. The molecule has 1 nitrogen and oxygen atoms in total. The molecule has 0 bridgehead atoms. The molecule has 1 heterocycles. The first-order chi connectivity index (χ1) is 6.84. The minimum atomic E-state index is -0.164. The first-order valence-corrected chi connectivity index (χ1v) is 5.00. The van der Waals surface area contributed by atoms with Crippen LogP contribution in [0.25, 0.3) is 6.08 Å². The summed E-state index contributed by atoms with van der Waals surface area (Å²) in [6.07, 6.45) is 4.39. The number of benzene rings is 1. The van der Waals surface area contributed by atoms with Crippen molar-refractivity contribution in [1.29, 1.82) is 0 Å². The summed E-state index contributed by atoms with van der Waals surface area (Å²) in [6.45, 7) is 2.04. The molecule has 1 aliphatic heterocycles. The van der Waals surface area contributed by atoms with Gasteiger partial charge in [0.05, 0.1) is 0 Å². The molecule has 0 aliphatic carbocycles. The Hall–Kier alpha value is -0.860. The SMILES string of the molecule is Cl.Fc1cccc(/C=C2/CCCNC2)c1. The highest BCUT2D eigenvalue weighted by Crippen LogP contribution is 2.14. The fraction of sp³-hybridized carbons (Fsp3) is 0.333. The summed E-state index contributed by atoms with van der Waals surface area (Å²) < 4.78 is 12.9. The molecule has 82 valence electrons. The molecular formula is C12H15ClFN. The third-order valence-electron chi connectivity index (χ3n) is 2.42. The summed E-state index contributed by atoms with van der Waals surface area (Å²) in [5, 5.41) is 3.31. The van der Waals surface area contributed by atoms with Gasteiger partial charge in [0.2, 0.25) is 0 Å². The van der Waals surface area contributed by atoms with Gasteiger partial charge in [-0.3, -0.25) is 0 Å². The van der Waals surface area contributed by atoms with Crippen molar-refractivity contribution in [3.8, 4) is 0 Å². The van der Waals surface area contributed by atoms with E-state index in [-0.39, 0.29) is 18.2 Å². The molecule has 1 saturated heterocycles. The van der Waals surface area contributed by atoms with Crippen LogP contribution in [-0.4, -0.2) is 13.1 Å². The van der Waals surface area contributed by atoms with Crippen molar-refractivity contribution in [3.63, 3.8) is 0 Å². The largest absolute Gasteiger partial charge is 0.313 e. The van der Waals surface area contributed by atoms with Gasteiger partial charge in [0.1, 0.15) is 5.82 Å². The Bertz CT molecular complexity index is 341. The van der Waals surface area contributed by atoms with Crippen molar-refractivity contribution in [1.82, 2.24) is 5.32 Å². The van der Waals surface area contributed by atoms with Gasteiger partial charge in [-0.05, 0) is 37.1 Å². The van der Waals surface area contributed by atoms with E-state index in [2.05, 4.69) is 11.4 Å². The van der Waals surface area contributed by atoms with Crippen LogP contribution in [0.2, 0.25) is 0 Å². The van der Waals surface area contributed by atoms with E-state index in [1.807, 2.05) is 6.07 Å². The van der Waals surface area contributed by atoms with Crippen LogP contribution in [0.4, 0.5) is 4.39 Å². The van der Waals surface area contributed by atoms with Crippen LogP contribution < -0.4 is 5.32 Å². The van der Waals surface area contributed by atoms with Crippen molar-refractivity contribution in [2.24, 2.45) is 0 Å². The first-order valence-electron chi connectivity index (χ1n) is 5.00. The van der Waals surface area contributed by atoms with E-state index in [9.17, 15) is 4.39 Å².